The number of anilines is 2. The van der Waals surface area contributed by atoms with E-state index in [0.717, 1.165) is 30.3 Å². The Morgan fingerprint density at radius 1 is 1.11 bits per heavy atom. The lowest BCUT2D eigenvalue weighted by Crippen LogP contribution is -2.07. The van der Waals surface area contributed by atoms with Crippen LogP contribution >= 0.6 is 11.3 Å². The van der Waals surface area contributed by atoms with Crippen molar-refractivity contribution in [3.8, 4) is 0 Å². The number of thiophene rings is 1. The van der Waals surface area contributed by atoms with Gasteiger partial charge in [-0.05, 0) is 39.3 Å². The zero-order valence-corrected chi connectivity index (χ0v) is 12.7. The fourth-order valence-electron chi connectivity index (χ4n) is 1.88. The SMILES string of the molecule is CCNc1ncnc(NCc2cc(C)c(C)s2)c1C. The Balaban J connectivity index is 2.09. The number of rotatable bonds is 5. The van der Waals surface area contributed by atoms with Crippen molar-refractivity contribution in [3.05, 3.63) is 33.3 Å². The fraction of sp³-hybridized carbons (Fsp3) is 0.429. The van der Waals surface area contributed by atoms with E-state index < -0.39 is 0 Å². The Labute approximate surface area is 118 Å². The summed E-state index contributed by atoms with van der Waals surface area (Å²) in [5.74, 6) is 1.80. The van der Waals surface area contributed by atoms with Gasteiger partial charge in [-0.1, -0.05) is 0 Å². The first-order valence-electron chi connectivity index (χ1n) is 6.47. The Hall–Kier alpha value is -1.62. The molecule has 4 nitrogen and oxygen atoms in total. The van der Waals surface area contributed by atoms with Gasteiger partial charge in [-0.25, -0.2) is 9.97 Å². The summed E-state index contributed by atoms with van der Waals surface area (Å²) in [6.45, 7) is 10.1. The second-order valence-corrected chi connectivity index (χ2v) is 5.87. The van der Waals surface area contributed by atoms with E-state index >= 15 is 0 Å². The van der Waals surface area contributed by atoms with Crippen LogP contribution < -0.4 is 10.6 Å². The van der Waals surface area contributed by atoms with Gasteiger partial charge in [0.2, 0.25) is 0 Å². The van der Waals surface area contributed by atoms with Gasteiger partial charge < -0.3 is 10.6 Å². The maximum atomic E-state index is 4.31. The summed E-state index contributed by atoms with van der Waals surface area (Å²) in [5, 5.41) is 6.63. The average Bonchev–Trinajstić information content (AvgIpc) is 2.70. The lowest BCUT2D eigenvalue weighted by atomic mass is 10.2. The molecule has 0 unspecified atom stereocenters. The summed E-state index contributed by atoms with van der Waals surface area (Å²) < 4.78 is 0. The number of aryl methyl sites for hydroxylation is 2. The van der Waals surface area contributed by atoms with Gasteiger partial charge in [0.1, 0.15) is 18.0 Å². The standard InChI is InChI=1S/C14H20N4S/c1-5-15-13-10(3)14(18-8-17-13)16-7-12-6-9(2)11(4)19-12/h6,8H,5,7H2,1-4H3,(H2,15,16,17,18). The molecule has 0 amide bonds. The van der Waals surface area contributed by atoms with Gasteiger partial charge in [-0.3, -0.25) is 0 Å². The molecule has 0 fully saturated rings. The normalized spacial score (nSPS) is 10.5. The van der Waals surface area contributed by atoms with Crippen molar-refractivity contribution in [2.45, 2.75) is 34.2 Å². The first-order valence-corrected chi connectivity index (χ1v) is 7.28. The molecule has 0 aliphatic rings. The predicted molar refractivity (Wildman–Crippen MR) is 82.1 cm³/mol. The van der Waals surface area contributed by atoms with Crippen molar-refractivity contribution < 1.29 is 0 Å². The summed E-state index contributed by atoms with van der Waals surface area (Å²) in [4.78, 5) is 11.3. The summed E-state index contributed by atoms with van der Waals surface area (Å²) in [5.41, 5.74) is 2.42. The van der Waals surface area contributed by atoms with Gasteiger partial charge in [-0.2, -0.15) is 0 Å². The van der Waals surface area contributed by atoms with Crippen LogP contribution in [0.15, 0.2) is 12.4 Å². The minimum Gasteiger partial charge on any atom is -0.370 e. The molecule has 0 aliphatic heterocycles. The molecule has 2 heterocycles. The second kappa shape index (κ2) is 6.02. The summed E-state index contributed by atoms with van der Waals surface area (Å²) in [7, 11) is 0. The molecule has 2 aromatic rings. The maximum absolute atomic E-state index is 4.31. The van der Waals surface area contributed by atoms with Crippen LogP contribution in [0.3, 0.4) is 0 Å². The molecule has 0 saturated carbocycles. The summed E-state index contributed by atoms with van der Waals surface area (Å²) >= 11 is 1.83. The number of hydrogen-bond donors (Lipinski definition) is 2. The van der Waals surface area contributed by atoms with Crippen LogP contribution in [-0.2, 0) is 6.54 Å². The van der Waals surface area contributed by atoms with E-state index in [9.17, 15) is 0 Å². The third kappa shape index (κ3) is 3.23. The molecule has 0 aromatic carbocycles. The molecule has 0 aliphatic carbocycles. The Kier molecular flexibility index (Phi) is 4.37. The smallest absolute Gasteiger partial charge is 0.134 e. The molecule has 0 spiro atoms. The fourth-order valence-corrected chi connectivity index (χ4v) is 2.87. The monoisotopic (exact) mass is 276 g/mol. The van der Waals surface area contributed by atoms with Crippen LogP contribution in [-0.4, -0.2) is 16.5 Å². The quantitative estimate of drug-likeness (QED) is 0.877. The number of nitrogens with zero attached hydrogens (tertiary/aromatic N) is 2. The number of aromatic nitrogens is 2. The van der Waals surface area contributed by atoms with Crippen LogP contribution in [0.25, 0.3) is 0 Å². The van der Waals surface area contributed by atoms with E-state index in [1.54, 1.807) is 6.33 Å². The van der Waals surface area contributed by atoms with Gasteiger partial charge in [0.05, 0.1) is 6.54 Å². The highest BCUT2D eigenvalue weighted by Gasteiger charge is 2.07. The van der Waals surface area contributed by atoms with Crippen LogP contribution in [0.5, 0.6) is 0 Å². The van der Waals surface area contributed by atoms with Gasteiger partial charge in [0, 0.05) is 21.9 Å². The largest absolute Gasteiger partial charge is 0.370 e. The molecule has 19 heavy (non-hydrogen) atoms. The molecule has 0 bridgehead atoms. The molecule has 0 saturated heterocycles. The van der Waals surface area contributed by atoms with Crippen molar-refractivity contribution in [2.75, 3.05) is 17.2 Å². The summed E-state index contributed by atoms with van der Waals surface area (Å²) in [6.07, 6.45) is 1.60. The Morgan fingerprint density at radius 2 is 1.79 bits per heavy atom. The number of nitrogens with one attached hydrogen (secondary N) is 2. The van der Waals surface area contributed by atoms with Crippen molar-refractivity contribution in [1.82, 2.24) is 9.97 Å². The van der Waals surface area contributed by atoms with Crippen LogP contribution in [0.1, 0.15) is 27.8 Å². The van der Waals surface area contributed by atoms with Crippen molar-refractivity contribution in [1.29, 1.82) is 0 Å². The molecule has 0 radical (unpaired) electrons. The van der Waals surface area contributed by atoms with Gasteiger partial charge in [0.15, 0.2) is 0 Å². The van der Waals surface area contributed by atoms with Crippen molar-refractivity contribution in [2.24, 2.45) is 0 Å². The van der Waals surface area contributed by atoms with Crippen molar-refractivity contribution >= 4 is 23.0 Å². The Bertz CT molecular complexity index is 543. The molecule has 2 N–H and O–H groups in total. The van der Waals surface area contributed by atoms with Crippen molar-refractivity contribution in [3.63, 3.8) is 0 Å². The third-order valence-corrected chi connectivity index (χ3v) is 4.23. The van der Waals surface area contributed by atoms with E-state index in [1.165, 1.54) is 15.3 Å². The van der Waals surface area contributed by atoms with Gasteiger partial charge in [0.25, 0.3) is 0 Å². The molecule has 2 rings (SSSR count). The summed E-state index contributed by atoms with van der Waals surface area (Å²) in [6, 6.07) is 2.23. The van der Waals surface area contributed by atoms with E-state index in [2.05, 4.69) is 47.4 Å². The zero-order chi connectivity index (χ0) is 13.8. The number of hydrogen-bond acceptors (Lipinski definition) is 5. The van der Waals surface area contributed by atoms with Gasteiger partial charge in [-0.15, -0.1) is 11.3 Å². The third-order valence-electron chi connectivity index (χ3n) is 3.08. The van der Waals surface area contributed by atoms with Crippen LogP contribution in [0.4, 0.5) is 11.6 Å². The predicted octanol–water partition coefficient (Wildman–Crippen LogP) is 3.51. The average molecular weight is 276 g/mol. The van der Waals surface area contributed by atoms with E-state index in [4.69, 9.17) is 0 Å². The second-order valence-electron chi connectivity index (χ2n) is 4.53. The van der Waals surface area contributed by atoms with E-state index in [1.807, 2.05) is 18.3 Å². The lowest BCUT2D eigenvalue weighted by Gasteiger charge is -2.11. The minimum absolute atomic E-state index is 0.808. The topological polar surface area (TPSA) is 49.8 Å². The molecule has 102 valence electrons. The lowest BCUT2D eigenvalue weighted by molar-refractivity contribution is 1.05. The maximum Gasteiger partial charge on any atom is 0.134 e. The first kappa shape index (κ1) is 13.8. The molecule has 5 heteroatoms. The highest BCUT2D eigenvalue weighted by molar-refractivity contribution is 7.12. The molecule has 2 aromatic heterocycles. The highest BCUT2D eigenvalue weighted by atomic mass is 32.1. The molecule has 0 atom stereocenters. The van der Waals surface area contributed by atoms with Crippen LogP contribution in [0, 0.1) is 20.8 Å². The van der Waals surface area contributed by atoms with E-state index in [0.29, 0.717) is 0 Å². The molecular weight excluding hydrogens is 256 g/mol. The zero-order valence-electron chi connectivity index (χ0n) is 11.9. The Morgan fingerprint density at radius 3 is 2.37 bits per heavy atom. The first-order chi connectivity index (χ1) is 9.11. The van der Waals surface area contributed by atoms with Gasteiger partial charge >= 0.3 is 0 Å². The molecular formula is C14H20N4S. The highest BCUT2D eigenvalue weighted by Crippen LogP contribution is 2.23. The van der Waals surface area contributed by atoms with Crippen LogP contribution in [0.2, 0.25) is 0 Å². The van der Waals surface area contributed by atoms with E-state index in [-0.39, 0.29) is 0 Å². The minimum atomic E-state index is 0.808.